The number of aryl methyl sites for hydroxylation is 3. The van der Waals surface area contributed by atoms with Crippen LogP contribution in [0, 0.1) is 13.8 Å². The molecule has 0 spiro atoms. The quantitative estimate of drug-likeness (QED) is 0.403. The second-order valence-corrected chi connectivity index (χ2v) is 8.23. The summed E-state index contributed by atoms with van der Waals surface area (Å²) in [4.78, 5) is 32.4. The smallest absolute Gasteiger partial charge is 0.332 e. The van der Waals surface area contributed by atoms with Crippen LogP contribution >= 0.6 is 0 Å². The van der Waals surface area contributed by atoms with Crippen molar-refractivity contribution >= 4 is 22.1 Å². The number of hydrogen-bond donors (Lipinski definition) is 0. The molecule has 3 aromatic heterocycles. The molecule has 5 aromatic rings. The number of nitrogens with zero attached hydrogens (tertiary/aromatic N) is 6. The Morgan fingerprint density at radius 1 is 0.971 bits per heavy atom. The molecular weight excluding hydrogens is 432 g/mol. The summed E-state index contributed by atoms with van der Waals surface area (Å²) in [5, 5.41) is 9.58. The van der Waals surface area contributed by atoms with Crippen molar-refractivity contribution in [2.75, 3.05) is 6.61 Å². The van der Waals surface area contributed by atoms with Crippen LogP contribution in [-0.4, -0.2) is 35.7 Å². The standard InChI is InChI=1S/C25H24N6O3/c1-5-34-21-11-10-17(13-20(21)31-27-18-8-6-7-9-19(18)28-31)14-30-24(32)22-15(2)12-16(3)26-23(22)29(4)25(30)33/h6-13H,5,14H2,1-4H3. The average Bonchev–Trinajstić information content (AvgIpc) is 3.25. The lowest BCUT2D eigenvalue weighted by Crippen LogP contribution is -2.40. The lowest BCUT2D eigenvalue weighted by atomic mass is 10.1. The Balaban J connectivity index is 1.65. The molecule has 0 saturated heterocycles. The van der Waals surface area contributed by atoms with Gasteiger partial charge in [0.2, 0.25) is 0 Å². The Kier molecular flexibility index (Phi) is 5.24. The summed E-state index contributed by atoms with van der Waals surface area (Å²) in [7, 11) is 1.63. The first kappa shape index (κ1) is 21.6. The molecule has 172 valence electrons. The lowest BCUT2D eigenvalue weighted by Gasteiger charge is -2.14. The van der Waals surface area contributed by atoms with E-state index in [2.05, 4.69) is 15.2 Å². The van der Waals surface area contributed by atoms with E-state index >= 15 is 0 Å². The molecule has 0 saturated carbocycles. The molecule has 34 heavy (non-hydrogen) atoms. The highest BCUT2D eigenvalue weighted by Gasteiger charge is 2.17. The summed E-state index contributed by atoms with van der Waals surface area (Å²) in [6.45, 7) is 6.17. The molecule has 0 amide bonds. The van der Waals surface area contributed by atoms with E-state index in [4.69, 9.17) is 4.74 Å². The van der Waals surface area contributed by atoms with Crippen molar-refractivity contribution in [3.8, 4) is 11.4 Å². The van der Waals surface area contributed by atoms with Gasteiger partial charge in [0.1, 0.15) is 28.1 Å². The van der Waals surface area contributed by atoms with Gasteiger partial charge in [0.25, 0.3) is 5.56 Å². The minimum Gasteiger partial charge on any atom is -0.492 e. The molecule has 0 aliphatic carbocycles. The number of fused-ring (bicyclic) bond motifs is 2. The SMILES string of the molecule is CCOc1ccc(Cn2c(=O)c3c(C)cc(C)nc3n(C)c2=O)cc1-n1nc2ccccc2n1. The molecule has 2 aromatic carbocycles. The van der Waals surface area contributed by atoms with Gasteiger partial charge in [0.15, 0.2) is 0 Å². The van der Waals surface area contributed by atoms with Crippen LogP contribution in [0.2, 0.25) is 0 Å². The first-order valence-corrected chi connectivity index (χ1v) is 11.0. The highest BCUT2D eigenvalue weighted by molar-refractivity contribution is 5.78. The van der Waals surface area contributed by atoms with Gasteiger partial charge in [-0.2, -0.15) is 0 Å². The number of rotatable bonds is 5. The van der Waals surface area contributed by atoms with Gasteiger partial charge in [-0.1, -0.05) is 18.2 Å². The first-order valence-electron chi connectivity index (χ1n) is 11.0. The molecular formula is C25H24N6O3. The van der Waals surface area contributed by atoms with Crippen molar-refractivity contribution in [2.24, 2.45) is 7.05 Å². The summed E-state index contributed by atoms with van der Waals surface area (Å²) in [6, 6.07) is 14.9. The van der Waals surface area contributed by atoms with E-state index < -0.39 is 5.69 Å². The van der Waals surface area contributed by atoms with Crippen molar-refractivity contribution in [1.82, 2.24) is 29.1 Å². The van der Waals surface area contributed by atoms with E-state index in [1.54, 1.807) is 7.05 Å². The van der Waals surface area contributed by atoms with Crippen LogP contribution in [0.5, 0.6) is 5.75 Å². The predicted octanol–water partition coefficient (Wildman–Crippen LogP) is 2.89. The fraction of sp³-hybridized carbons (Fsp3) is 0.240. The van der Waals surface area contributed by atoms with Gasteiger partial charge in [-0.05, 0) is 62.2 Å². The third-order valence-corrected chi connectivity index (χ3v) is 5.79. The molecule has 0 aliphatic heterocycles. The molecule has 0 radical (unpaired) electrons. The zero-order valence-corrected chi connectivity index (χ0v) is 19.4. The van der Waals surface area contributed by atoms with Crippen molar-refractivity contribution < 1.29 is 4.74 Å². The normalized spacial score (nSPS) is 11.4. The molecule has 0 unspecified atom stereocenters. The van der Waals surface area contributed by atoms with Gasteiger partial charge < -0.3 is 4.74 Å². The molecule has 0 bridgehead atoms. The number of ether oxygens (including phenoxy) is 1. The Hall–Kier alpha value is -4.27. The number of benzene rings is 2. The fourth-order valence-electron chi connectivity index (χ4n) is 4.20. The highest BCUT2D eigenvalue weighted by Crippen LogP contribution is 2.25. The number of aromatic nitrogens is 6. The molecule has 9 nitrogen and oxygen atoms in total. The van der Waals surface area contributed by atoms with Gasteiger partial charge in [-0.3, -0.25) is 13.9 Å². The third-order valence-electron chi connectivity index (χ3n) is 5.79. The topological polar surface area (TPSA) is 96.8 Å². The van der Waals surface area contributed by atoms with Crippen LogP contribution in [0.15, 0.2) is 58.1 Å². The van der Waals surface area contributed by atoms with E-state index in [9.17, 15) is 9.59 Å². The zero-order valence-electron chi connectivity index (χ0n) is 19.4. The van der Waals surface area contributed by atoms with E-state index in [0.29, 0.717) is 29.1 Å². The van der Waals surface area contributed by atoms with Gasteiger partial charge >= 0.3 is 5.69 Å². The van der Waals surface area contributed by atoms with E-state index in [0.717, 1.165) is 27.9 Å². The van der Waals surface area contributed by atoms with Gasteiger partial charge in [0, 0.05) is 12.7 Å². The molecule has 0 N–H and O–H groups in total. The fourth-order valence-corrected chi connectivity index (χ4v) is 4.20. The van der Waals surface area contributed by atoms with Crippen LogP contribution in [0.25, 0.3) is 27.8 Å². The van der Waals surface area contributed by atoms with Crippen LogP contribution in [0.3, 0.4) is 0 Å². The van der Waals surface area contributed by atoms with Gasteiger partial charge in [0.05, 0.1) is 18.5 Å². The Morgan fingerprint density at radius 2 is 1.68 bits per heavy atom. The zero-order chi connectivity index (χ0) is 24.0. The monoisotopic (exact) mass is 456 g/mol. The molecule has 9 heteroatoms. The maximum absolute atomic E-state index is 13.3. The maximum atomic E-state index is 13.3. The largest absolute Gasteiger partial charge is 0.492 e. The highest BCUT2D eigenvalue weighted by atomic mass is 16.5. The lowest BCUT2D eigenvalue weighted by molar-refractivity contribution is 0.337. The van der Waals surface area contributed by atoms with E-state index in [-0.39, 0.29) is 12.1 Å². The maximum Gasteiger partial charge on any atom is 0.332 e. The summed E-state index contributed by atoms with van der Waals surface area (Å²) < 4.78 is 8.46. The second kappa shape index (κ2) is 8.26. The molecule has 5 rings (SSSR count). The number of pyridine rings is 1. The van der Waals surface area contributed by atoms with Crippen LogP contribution < -0.4 is 16.0 Å². The minimum absolute atomic E-state index is 0.0922. The van der Waals surface area contributed by atoms with Gasteiger partial charge in [-0.25, -0.2) is 9.78 Å². The van der Waals surface area contributed by atoms with Crippen LogP contribution in [0.1, 0.15) is 23.7 Å². The molecule has 0 aliphatic rings. The first-order chi connectivity index (χ1) is 16.4. The van der Waals surface area contributed by atoms with E-state index in [1.807, 2.05) is 69.3 Å². The predicted molar refractivity (Wildman–Crippen MR) is 130 cm³/mol. The molecule has 0 fully saturated rings. The summed E-state index contributed by atoms with van der Waals surface area (Å²) >= 11 is 0. The average molecular weight is 457 g/mol. The minimum atomic E-state index is -0.423. The molecule has 0 atom stereocenters. The second-order valence-electron chi connectivity index (χ2n) is 8.23. The summed E-state index contributed by atoms with van der Waals surface area (Å²) in [5.74, 6) is 0.612. The van der Waals surface area contributed by atoms with Gasteiger partial charge in [-0.15, -0.1) is 15.0 Å². The van der Waals surface area contributed by atoms with Crippen molar-refractivity contribution in [1.29, 1.82) is 0 Å². The van der Waals surface area contributed by atoms with Crippen molar-refractivity contribution in [3.63, 3.8) is 0 Å². The Labute approximate surface area is 194 Å². The van der Waals surface area contributed by atoms with Crippen LogP contribution in [-0.2, 0) is 13.6 Å². The third kappa shape index (κ3) is 3.55. The van der Waals surface area contributed by atoms with Crippen LogP contribution in [0.4, 0.5) is 0 Å². The summed E-state index contributed by atoms with van der Waals surface area (Å²) in [5.41, 5.74) is 4.05. The van der Waals surface area contributed by atoms with Crippen molar-refractivity contribution in [2.45, 2.75) is 27.3 Å². The Bertz CT molecular complexity index is 1650. The van der Waals surface area contributed by atoms with E-state index in [1.165, 1.54) is 13.9 Å². The van der Waals surface area contributed by atoms with Crippen molar-refractivity contribution in [3.05, 3.63) is 86.2 Å². The molecule has 3 heterocycles. The Morgan fingerprint density at radius 3 is 2.35 bits per heavy atom. The summed E-state index contributed by atoms with van der Waals surface area (Å²) in [6.07, 6.45) is 0. The number of hydrogen-bond acceptors (Lipinski definition) is 6.